The van der Waals surface area contributed by atoms with Crippen LogP contribution in [0.15, 0.2) is 48.5 Å². The number of hydrogen-bond donors (Lipinski definition) is 2. The summed E-state index contributed by atoms with van der Waals surface area (Å²) in [6.07, 6.45) is 1.91. The van der Waals surface area contributed by atoms with Crippen LogP contribution >= 0.6 is 11.8 Å². The molecule has 0 saturated carbocycles. The summed E-state index contributed by atoms with van der Waals surface area (Å²) in [4.78, 5) is 36.0. The summed E-state index contributed by atoms with van der Waals surface area (Å²) in [7, 11) is 0. The number of rotatable bonds is 6. The normalized spacial score (nSPS) is 16.0. The zero-order valence-electron chi connectivity index (χ0n) is 15.2. The molecule has 27 heavy (non-hydrogen) atoms. The van der Waals surface area contributed by atoms with E-state index in [1.807, 2.05) is 24.3 Å². The lowest BCUT2D eigenvalue weighted by Gasteiger charge is -2.13. The van der Waals surface area contributed by atoms with Gasteiger partial charge in [0, 0.05) is 29.1 Å². The number of carbonyl (C=O) groups is 3. The Balaban J connectivity index is 1.48. The van der Waals surface area contributed by atoms with Crippen molar-refractivity contribution in [3.05, 3.63) is 59.7 Å². The smallest absolute Gasteiger partial charge is 0.237 e. The molecule has 2 N–H and O–H groups in total. The molecule has 1 heterocycles. The quantitative estimate of drug-likeness (QED) is 0.743. The Labute approximate surface area is 162 Å². The molecular weight excluding hydrogens is 360 g/mol. The van der Waals surface area contributed by atoms with E-state index in [9.17, 15) is 14.4 Å². The van der Waals surface area contributed by atoms with Crippen molar-refractivity contribution in [3.8, 4) is 0 Å². The van der Waals surface area contributed by atoms with Gasteiger partial charge in [0.15, 0.2) is 5.78 Å². The van der Waals surface area contributed by atoms with Crippen molar-refractivity contribution in [1.29, 1.82) is 0 Å². The van der Waals surface area contributed by atoms with Crippen molar-refractivity contribution in [2.75, 3.05) is 16.4 Å². The van der Waals surface area contributed by atoms with Crippen molar-refractivity contribution in [3.63, 3.8) is 0 Å². The summed E-state index contributed by atoms with van der Waals surface area (Å²) in [5.74, 6) is 0.397. The van der Waals surface area contributed by atoms with Crippen molar-refractivity contribution < 1.29 is 14.4 Å². The third-order valence-electron chi connectivity index (χ3n) is 4.44. The van der Waals surface area contributed by atoms with Gasteiger partial charge in [-0.1, -0.05) is 30.3 Å². The maximum atomic E-state index is 12.4. The largest absolute Gasteiger partial charge is 0.326 e. The van der Waals surface area contributed by atoms with Gasteiger partial charge in [-0.3, -0.25) is 14.4 Å². The van der Waals surface area contributed by atoms with Gasteiger partial charge in [-0.15, -0.1) is 11.8 Å². The third-order valence-corrected chi connectivity index (χ3v) is 5.74. The summed E-state index contributed by atoms with van der Waals surface area (Å²) in [6, 6.07) is 14.7. The van der Waals surface area contributed by atoms with Crippen molar-refractivity contribution in [2.45, 2.75) is 31.4 Å². The van der Waals surface area contributed by atoms with E-state index in [2.05, 4.69) is 10.6 Å². The fourth-order valence-electron chi connectivity index (χ4n) is 2.98. The molecule has 3 rings (SSSR count). The molecule has 5 nitrogen and oxygen atoms in total. The van der Waals surface area contributed by atoms with E-state index in [1.165, 1.54) is 18.7 Å². The lowest BCUT2D eigenvalue weighted by Crippen LogP contribution is -2.24. The molecule has 0 aliphatic carbocycles. The molecule has 1 atom stereocenters. The van der Waals surface area contributed by atoms with Crippen LogP contribution in [-0.4, -0.2) is 28.6 Å². The highest BCUT2D eigenvalue weighted by atomic mass is 32.2. The number of ketones is 1. The van der Waals surface area contributed by atoms with Gasteiger partial charge >= 0.3 is 0 Å². The van der Waals surface area contributed by atoms with Gasteiger partial charge in [-0.05, 0) is 43.5 Å². The van der Waals surface area contributed by atoms with Crippen LogP contribution in [0.4, 0.5) is 11.4 Å². The molecule has 0 spiro atoms. The average Bonchev–Trinajstić information content (AvgIpc) is 2.80. The van der Waals surface area contributed by atoms with Gasteiger partial charge in [0.1, 0.15) is 0 Å². The number of thioether (sulfide) groups is 1. The predicted octanol–water partition coefficient (Wildman–Crippen LogP) is 3.90. The Hall–Kier alpha value is -2.60. The molecule has 140 valence electrons. The Morgan fingerprint density at radius 1 is 1.19 bits per heavy atom. The SMILES string of the molecule is CC(=O)c1cccc(NC(=O)CCSC2CCc3ccccc3NC2=O)c1. The highest BCUT2D eigenvalue weighted by molar-refractivity contribution is 8.00. The fourth-order valence-corrected chi connectivity index (χ4v) is 4.07. The van der Waals surface area contributed by atoms with Gasteiger partial charge in [0.25, 0.3) is 0 Å². The summed E-state index contributed by atoms with van der Waals surface area (Å²) in [5, 5.41) is 5.62. The molecule has 1 unspecified atom stereocenters. The Kier molecular flexibility index (Phi) is 6.29. The second-order valence-electron chi connectivity index (χ2n) is 6.48. The van der Waals surface area contributed by atoms with Gasteiger partial charge in [0.05, 0.1) is 5.25 Å². The molecule has 2 amide bonds. The number of carbonyl (C=O) groups excluding carboxylic acids is 3. The second-order valence-corrected chi connectivity index (χ2v) is 7.79. The van der Waals surface area contributed by atoms with Crippen molar-refractivity contribution in [1.82, 2.24) is 0 Å². The molecule has 6 heteroatoms. The molecule has 0 saturated heterocycles. The van der Waals surface area contributed by atoms with Gasteiger partial charge in [-0.2, -0.15) is 0 Å². The Bertz CT molecular complexity index is 866. The number of nitrogens with one attached hydrogen (secondary N) is 2. The summed E-state index contributed by atoms with van der Waals surface area (Å²) < 4.78 is 0. The lowest BCUT2D eigenvalue weighted by atomic mass is 10.1. The minimum atomic E-state index is -0.161. The first-order chi connectivity index (χ1) is 13.0. The van der Waals surface area contributed by atoms with Crippen LogP contribution in [0.5, 0.6) is 0 Å². The molecule has 1 aliphatic heterocycles. The molecular formula is C21H22N2O3S. The fraction of sp³-hybridized carbons (Fsp3) is 0.286. The van der Waals surface area contributed by atoms with E-state index in [1.54, 1.807) is 24.3 Å². The van der Waals surface area contributed by atoms with E-state index in [-0.39, 0.29) is 22.8 Å². The first kappa shape index (κ1) is 19.2. The van der Waals surface area contributed by atoms with Crippen LogP contribution < -0.4 is 10.6 Å². The number of hydrogen-bond acceptors (Lipinski definition) is 4. The van der Waals surface area contributed by atoms with E-state index in [0.717, 1.165) is 24.1 Å². The first-order valence-electron chi connectivity index (χ1n) is 8.94. The number of anilines is 2. The van der Waals surface area contributed by atoms with Crippen LogP contribution in [0, 0.1) is 0 Å². The summed E-state index contributed by atoms with van der Waals surface area (Å²) >= 11 is 1.51. The molecule has 2 aromatic carbocycles. The van der Waals surface area contributed by atoms with Crippen LogP contribution in [0.25, 0.3) is 0 Å². The minimum absolute atomic E-state index is 0.000447. The average molecular weight is 382 g/mol. The maximum Gasteiger partial charge on any atom is 0.237 e. The van der Waals surface area contributed by atoms with Crippen LogP contribution in [0.1, 0.15) is 35.7 Å². The molecule has 0 bridgehead atoms. The maximum absolute atomic E-state index is 12.4. The second kappa shape index (κ2) is 8.86. The van der Waals surface area contributed by atoms with Gasteiger partial charge in [-0.25, -0.2) is 0 Å². The van der Waals surface area contributed by atoms with E-state index in [0.29, 0.717) is 23.4 Å². The highest BCUT2D eigenvalue weighted by Gasteiger charge is 2.23. The number of para-hydroxylation sites is 1. The molecule has 2 aromatic rings. The zero-order chi connectivity index (χ0) is 19.2. The van der Waals surface area contributed by atoms with Crippen LogP contribution in [0.3, 0.4) is 0 Å². The number of fused-ring (bicyclic) bond motifs is 1. The summed E-state index contributed by atoms with van der Waals surface area (Å²) in [6.45, 7) is 1.49. The van der Waals surface area contributed by atoms with Crippen LogP contribution in [0.2, 0.25) is 0 Å². The molecule has 0 radical (unpaired) electrons. The van der Waals surface area contributed by atoms with Gasteiger partial charge < -0.3 is 10.6 Å². The van der Waals surface area contributed by atoms with Gasteiger partial charge in [0.2, 0.25) is 11.8 Å². The minimum Gasteiger partial charge on any atom is -0.326 e. The number of amides is 2. The lowest BCUT2D eigenvalue weighted by molar-refractivity contribution is -0.116. The molecule has 1 aliphatic rings. The summed E-state index contributed by atoms with van der Waals surface area (Å²) in [5.41, 5.74) is 3.21. The van der Waals surface area contributed by atoms with Crippen molar-refractivity contribution in [2.24, 2.45) is 0 Å². The monoisotopic (exact) mass is 382 g/mol. The van der Waals surface area contributed by atoms with Crippen molar-refractivity contribution >= 4 is 40.7 Å². The van der Waals surface area contributed by atoms with Crippen LogP contribution in [-0.2, 0) is 16.0 Å². The Morgan fingerprint density at radius 3 is 2.81 bits per heavy atom. The topological polar surface area (TPSA) is 75.3 Å². The van der Waals surface area contributed by atoms with E-state index in [4.69, 9.17) is 0 Å². The number of Topliss-reactive ketones (excluding diaryl/α,β-unsaturated/α-hetero) is 1. The molecule has 0 aromatic heterocycles. The number of benzene rings is 2. The first-order valence-corrected chi connectivity index (χ1v) is 9.99. The van der Waals surface area contributed by atoms with E-state index < -0.39 is 0 Å². The molecule has 0 fully saturated rings. The predicted molar refractivity (Wildman–Crippen MR) is 109 cm³/mol. The zero-order valence-corrected chi connectivity index (χ0v) is 16.0. The van der Waals surface area contributed by atoms with E-state index >= 15 is 0 Å². The third kappa shape index (κ3) is 5.20. The standard InChI is InChI=1S/C21H22N2O3S/c1-14(24)16-6-4-7-17(13-16)22-20(25)11-12-27-19-10-9-15-5-2-3-8-18(15)23-21(19)26/h2-8,13,19H,9-12H2,1H3,(H,22,25)(H,23,26). The highest BCUT2D eigenvalue weighted by Crippen LogP contribution is 2.27. The Morgan fingerprint density at radius 2 is 2.00 bits per heavy atom. The number of aryl methyl sites for hydroxylation is 1.